The second-order valence-corrected chi connectivity index (χ2v) is 8.02. The van der Waals surface area contributed by atoms with E-state index in [0.29, 0.717) is 17.0 Å². The normalized spacial score (nSPS) is 11.4. The minimum absolute atomic E-state index is 0.120. The summed E-state index contributed by atoms with van der Waals surface area (Å²) in [6.07, 6.45) is 7.09. The van der Waals surface area contributed by atoms with Crippen LogP contribution >= 0.6 is 11.6 Å². The van der Waals surface area contributed by atoms with E-state index in [4.69, 9.17) is 17.3 Å². The zero-order valence-electron chi connectivity index (χ0n) is 16.8. The Morgan fingerprint density at radius 2 is 1.81 bits per heavy atom. The maximum Gasteiger partial charge on any atom is 0.256 e. The van der Waals surface area contributed by atoms with Gasteiger partial charge in [-0.05, 0) is 64.9 Å². The summed E-state index contributed by atoms with van der Waals surface area (Å²) in [5.41, 5.74) is 10.6. The number of hydrogen-bond acceptors (Lipinski definition) is 3. The van der Waals surface area contributed by atoms with Crippen LogP contribution in [-0.4, -0.2) is 21.7 Å². The number of aryl methyl sites for hydroxylation is 1. The summed E-state index contributed by atoms with van der Waals surface area (Å²) >= 11 is 6.51. The largest absolute Gasteiger partial charge is 0.330 e. The van der Waals surface area contributed by atoms with Crippen molar-refractivity contribution in [1.82, 2.24) is 15.2 Å². The molecule has 31 heavy (non-hydrogen) atoms. The van der Waals surface area contributed by atoms with Crippen molar-refractivity contribution in [3.05, 3.63) is 88.1 Å². The number of nitrogens with zero attached hydrogens (tertiary/aromatic N) is 1. The fourth-order valence-corrected chi connectivity index (χ4v) is 4.47. The Bertz CT molecular complexity index is 1450. The van der Waals surface area contributed by atoms with Gasteiger partial charge in [-0.3, -0.25) is 9.89 Å². The number of nitrogens with one attached hydrogen (secondary N) is 2. The highest BCUT2D eigenvalue weighted by molar-refractivity contribution is 6.33. The van der Waals surface area contributed by atoms with E-state index in [0.717, 1.165) is 51.3 Å². The van der Waals surface area contributed by atoms with Crippen LogP contribution in [0.25, 0.3) is 43.8 Å². The Hall–Kier alpha value is -3.41. The third-order valence-electron chi connectivity index (χ3n) is 5.73. The first-order valence-electron chi connectivity index (χ1n) is 10.2. The minimum Gasteiger partial charge on any atom is -0.330 e. The predicted octanol–water partition coefficient (Wildman–Crippen LogP) is 5.28. The van der Waals surface area contributed by atoms with Gasteiger partial charge in [-0.15, -0.1) is 0 Å². The van der Waals surface area contributed by atoms with Crippen molar-refractivity contribution in [3.63, 3.8) is 0 Å². The molecule has 0 saturated heterocycles. The number of halogens is 1. The van der Waals surface area contributed by atoms with Crippen LogP contribution in [-0.2, 0) is 6.42 Å². The van der Waals surface area contributed by atoms with Crippen LogP contribution in [0.15, 0.2) is 71.9 Å². The van der Waals surface area contributed by atoms with Crippen LogP contribution in [0, 0.1) is 0 Å². The number of H-pyrrole nitrogens is 2. The number of aromatic amines is 2. The summed E-state index contributed by atoms with van der Waals surface area (Å²) in [5.74, 6) is 0. The van der Waals surface area contributed by atoms with E-state index in [2.05, 4.69) is 39.4 Å². The third kappa shape index (κ3) is 3.42. The maximum absolute atomic E-state index is 13.1. The molecule has 2 heterocycles. The maximum atomic E-state index is 13.1. The van der Waals surface area contributed by atoms with Gasteiger partial charge in [0, 0.05) is 34.1 Å². The van der Waals surface area contributed by atoms with Gasteiger partial charge in [0.1, 0.15) is 0 Å². The van der Waals surface area contributed by atoms with Gasteiger partial charge in [0.2, 0.25) is 0 Å². The van der Waals surface area contributed by atoms with Crippen LogP contribution in [0.4, 0.5) is 0 Å². The number of benzene rings is 3. The van der Waals surface area contributed by atoms with E-state index in [1.165, 1.54) is 5.56 Å². The van der Waals surface area contributed by atoms with Crippen LogP contribution in [0.1, 0.15) is 12.0 Å². The molecule has 3 aromatic carbocycles. The molecule has 0 atom stereocenters. The molecule has 6 heteroatoms. The lowest BCUT2D eigenvalue weighted by atomic mass is 9.90. The highest BCUT2D eigenvalue weighted by Gasteiger charge is 2.16. The Balaban J connectivity index is 1.89. The van der Waals surface area contributed by atoms with Crippen molar-refractivity contribution in [2.75, 3.05) is 6.54 Å². The summed E-state index contributed by atoms with van der Waals surface area (Å²) < 4.78 is 0. The van der Waals surface area contributed by atoms with Crippen LogP contribution in [0.5, 0.6) is 0 Å². The van der Waals surface area contributed by atoms with E-state index >= 15 is 0 Å². The van der Waals surface area contributed by atoms with Crippen molar-refractivity contribution in [2.24, 2.45) is 5.73 Å². The molecule has 0 bridgehead atoms. The van der Waals surface area contributed by atoms with Gasteiger partial charge in [0.25, 0.3) is 5.56 Å². The smallest absolute Gasteiger partial charge is 0.256 e. The van der Waals surface area contributed by atoms with E-state index in [1.54, 1.807) is 12.4 Å². The lowest BCUT2D eigenvalue weighted by Gasteiger charge is -2.15. The average Bonchev–Trinajstić information content (AvgIpc) is 3.33. The second kappa shape index (κ2) is 8.02. The number of pyridine rings is 1. The monoisotopic (exact) mass is 428 g/mol. The molecule has 0 aliphatic carbocycles. The van der Waals surface area contributed by atoms with E-state index in [9.17, 15) is 4.79 Å². The molecular weight excluding hydrogens is 408 g/mol. The molecule has 0 aliphatic heterocycles. The Morgan fingerprint density at radius 1 is 0.935 bits per heavy atom. The molecule has 0 aliphatic rings. The van der Waals surface area contributed by atoms with Gasteiger partial charge < -0.3 is 10.7 Å². The first kappa shape index (κ1) is 19.5. The van der Waals surface area contributed by atoms with E-state index < -0.39 is 0 Å². The summed E-state index contributed by atoms with van der Waals surface area (Å²) in [4.78, 5) is 16.0. The molecular formula is C25H21ClN4O. The van der Waals surface area contributed by atoms with Gasteiger partial charge >= 0.3 is 0 Å². The zero-order chi connectivity index (χ0) is 21.4. The van der Waals surface area contributed by atoms with Crippen LogP contribution < -0.4 is 11.3 Å². The number of fused-ring (bicyclic) bond motifs is 3. The Morgan fingerprint density at radius 3 is 2.58 bits per heavy atom. The van der Waals surface area contributed by atoms with Gasteiger partial charge in [0.15, 0.2) is 0 Å². The molecule has 5 rings (SSSR count). The average molecular weight is 429 g/mol. The molecule has 0 unspecified atom stereocenters. The first-order chi connectivity index (χ1) is 15.2. The highest BCUT2D eigenvalue weighted by atomic mass is 35.5. The predicted molar refractivity (Wildman–Crippen MR) is 127 cm³/mol. The third-order valence-corrected chi connectivity index (χ3v) is 6.06. The molecule has 0 saturated carbocycles. The van der Waals surface area contributed by atoms with Gasteiger partial charge in [-0.1, -0.05) is 41.9 Å². The standard InChI is InChI=1S/C25H21ClN4O/c26-23-6-2-1-5-19(23)22-14-28-25(31)24-20-10-15(17-12-29-30-13-17)7-8-18(20)16(4-3-9-27)11-21(22)24/h1-2,5-8,10-14H,3-4,9,27H2,(H,28,31)(H,29,30). The molecule has 4 N–H and O–H groups in total. The summed E-state index contributed by atoms with van der Waals surface area (Å²) in [6.45, 7) is 0.610. The van der Waals surface area contributed by atoms with Crippen molar-refractivity contribution in [3.8, 4) is 22.3 Å². The topological polar surface area (TPSA) is 87.6 Å². The van der Waals surface area contributed by atoms with Crippen LogP contribution in [0.3, 0.4) is 0 Å². The number of rotatable bonds is 5. The number of hydrogen-bond donors (Lipinski definition) is 3. The zero-order valence-corrected chi connectivity index (χ0v) is 17.5. The molecule has 2 aromatic heterocycles. The molecule has 0 radical (unpaired) electrons. The molecule has 0 fully saturated rings. The van der Waals surface area contributed by atoms with E-state index in [1.807, 2.05) is 30.5 Å². The fourth-order valence-electron chi connectivity index (χ4n) is 4.24. The molecule has 0 spiro atoms. The molecule has 5 nitrogen and oxygen atoms in total. The first-order valence-corrected chi connectivity index (χ1v) is 10.6. The molecule has 0 amide bonds. The second-order valence-electron chi connectivity index (χ2n) is 7.61. The fraction of sp³-hybridized carbons (Fsp3) is 0.120. The Labute approximate surface area is 183 Å². The summed E-state index contributed by atoms with van der Waals surface area (Å²) in [6, 6.07) is 16.0. The van der Waals surface area contributed by atoms with Gasteiger partial charge in [0.05, 0.1) is 11.6 Å². The summed E-state index contributed by atoms with van der Waals surface area (Å²) in [7, 11) is 0. The van der Waals surface area contributed by atoms with Crippen LogP contribution in [0.2, 0.25) is 5.02 Å². The quantitative estimate of drug-likeness (QED) is 0.332. The highest BCUT2D eigenvalue weighted by Crippen LogP contribution is 2.37. The lowest BCUT2D eigenvalue weighted by molar-refractivity contribution is 0.838. The number of aromatic nitrogens is 3. The molecule has 5 aromatic rings. The van der Waals surface area contributed by atoms with Crippen molar-refractivity contribution in [2.45, 2.75) is 12.8 Å². The van der Waals surface area contributed by atoms with Gasteiger partial charge in [-0.2, -0.15) is 5.10 Å². The van der Waals surface area contributed by atoms with Gasteiger partial charge in [-0.25, -0.2) is 0 Å². The summed E-state index contributed by atoms with van der Waals surface area (Å²) in [5, 5.41) is 11.1. The van der Waals surface area contributed by atoms with Crippen molar-refractivity contribution in [1.29, 1.82) is 0 Å². The molecule has 154 valence electrons. The SMILES string of the molecule is NCCCc1cc2c(-c3ccccc3Cl)c[nH]c(=O)c2c2cc(-c3cn[nH]c3)ccc12. The van der Waals surface area contributed by atoms with Crippen molar-refractivity contribution >= 4 is 33.1 Å². The van der Waals surface area contributed by atoms with E-state index in [-0.39, 0.29) is 5.56 Å². The number of nitrogens with two attached hydrogens (primary N) is 1. The minimum atomic E-state index is -0.120. The Kier molecular flexibility index (Phi) is 5.06. The lowest BCUT2D eigenvalue weighted by Crippen LogP contribution is -2.08. The van der Waals surface area contributed by atoms with Crippen molar-refractivity contribution < 1.29 is 0 Å².